The van der Waals surface area contributed by atoms with E-state index in [1.807, 2.05) is 6.07 Å². The number of halogens is 1. The molecule has 2 rings (SSSR count). The van der Waals surface area contributed by atoms with E-state index in [9.17, 15) is 4.39 Å². The van der Waals surface area contributed by atoms with Gasteiger partial charge < -0.3 is 11.1 Å². The minimum Gasteiger partial charge on any atom is -0.324 e. The Morgan fingerprint density at radius 2 is 2.12 bits per heavy atom. The molecule has 0 aliphatic heterocycles. The zero-order valence-electron chi connectivity index (χ0n) is 10.6. The van der Waals surface area contributed by atoms with Crippen LogP contribution in [0.3, 0.4) is 0 Å². The van der Waals surface area contributed by atoms with Crippen LogP contribution in [0, 0.1) is 5.82 Å². The Bertz CT molecular complexity index is 397. The molecule has 0 spiro atoms. The average Bonchev–Trinajstić information content (AvgIpc) is 2.96. The molecule has 1 aromatic carbocycles. The van der Waals surface area contributed by atoms with Crippen LogP contribution in [-0.2, 0) is 5.41 Å². The molecule has 1 saturated carbocycles. The first-order valence-electron chi connectivity index (χ1n) is 6.17. The first-order valence-corrected chi connectivity index (χ1v) is 6.17. The van der Waals surface area contributed by atoms with Crippen LogP contribution in [0.15, 0.2) is 24.3 Å². The molecule has 0 radical (unpaired) electrons. The van der Waals surface area contributed by atoms with E-state index in [4.69, 9.17) is 5.73 Å². The molecule has 1 fully saturated rings. The average molecular weight is 236 g/mol. The van der Waals surface area contributed by atoms with Gasteiger partial charge >= 0.3 is 0 Å². The van der Waals surface area contributed by atoms with Crippen LogP contribution in [0.25, 0.3) is 0 Å². The molecule has 0 saturated heterocycles. The second-order valence-electron chi connectivity index (χ2n) is 5.86. The Kier molecular flexibility index (Phi) is 3.23. The van der Waals surface area contributed by atoms with Gasteiger partial charge in [-0.15, -0.1) is 0 Å². The van der Waals surface area contributed by atoms with E-state index in [-0.39, 0.29) is 16.8 Å². The molecule has 1 aliphatic rings. The Morgan fingerprint density at radius 1 is 1.41 bits per heavy atom. The lowest BCUT2D eigenvalue weighted by atomic mass is 9.84. The number of hydrogen-bond donors (Lipinski definition) is 2. The summed E-state index contributed by atoms with van der Waals surface area (Å²) in [7, 11) is 0. The quantitative estimate of drug-likeness (QED) is 0.822. The topological polar surface area (TPSA) is 38.0 Å². The van der Waals surface area contributed by atoms with Crippen LogP contribution >= 0.6 is 0 Å². The van der Waals surface area contributed by atoms with Gasteiger partial charge in [0.05, 0.1) is 0 Å². The van der Waals surface area contributed by atoms with Gasteiger partial charge in [-0.25, -0.2) is 4.39 Å². The fourth-order valence-electron chi connectivity index (χ4n) is 1.97. The normalized spacial score (nSPS) is 18.1. The van der Waals surface area contributed by atoms with E-state index in [1.54, 1.807) is 12.1 Å². The number of benzene rings is 1. The molecule has 0 amide bonds. The highest BCUT2D eigenvalue weighted by Gasteiger charge is 2.37. The highest BCUT2D eigenvalue weighted by molar-refractivity contribution is 5.25. The molecule has 0 aromatic heterocycles. The van der Waals surface area contributed by atoms with Crippen LogP contribution in [0.2, 0.25) is 0 Å². The minimum absolute atomic E-state index is 0.0258. The number of nitrogens with two attached hydrogens (primary N) is 1. The number of nitrogens with one attached hydrogen (secondary N) is 1. The summed E-state index contributed by atoms with van der Waals surface area (Å²) in [5.74, 6) is -0.173. The summed E-state index contributed by atoms with van der Waals surface area (Å²) < 4.78 is 13.2. The molecular formula is C14H21FN2. The van der Waals surface area contributed by atoms with Crippen LogP contribution < -0.4 is 11.1 Å². The number of rotatable bonds is 5. The second-order valence-corrected chi connectivity index (χ2v) is 5.86. The standard InChI is InChI=1S/C14H21FN2/c1-13(2,9-17-10-14(16)6-7-14)11-4-3-5-12(15)8-11/h3-5,8,17H,6-7,9-10,16H2,1-2H3. The fourth-order valence-corrected chi connectivity index (χ4v) is 1.97. The van der Waals surface area contributed by atoms with Gasteiger partial charge in [-0.3, -0.25) is 0 Å². The van der Waals surface area contributed by atoms with E-state index in [1.165, 1.54) is 6.07 Å². The van der Waals surface area contributed by atoms with Crippen molar-refractivity contribution in [3.05, 3.63) is 35.6 Å². The molecule has 3 heteroatoms. The molecular weight excluding hydrogens is 215 g/mol. The summed E-state index contributed by atoms with van der Waals surface area (Å²) in [6.07, 6.45) is 2.22. The predicted octanol–water partition coefficient (Wildman–Crippen LogP) is 2.18. The third-order valence-electron chi connectivity index (χ3n) is 3.54. The van der Waals surface area contributed by atoms with Gasteiger partial charge in [-0.2, -0.15) is 0 Å². The lowest BCUT2D eigenvalue weighted by molar-refractivity contribution is 0.446. The Morgan fingerprint density at radius 3 is 2.71 bits per heavy atom. The van der Waals surface area contributed by atoms with Crippen molar-refractivity contribution in [2.24, 2.45) is 5.73 Å². The maximum atomic E-state index is 13.2. The second kappa shape index (κ2) is 4.39. The lowest BCUT2D eigenvalue weighted by Gasteiger charge is -2.26. The summed E-state index contributed by atoms with van der Waals surface area (Å²) in [4.78, 5) is 0. The van der Waals surface area contributed by atoms with E-state index in [0.29, 0.717) is 0 Å². The molecule has 0 atom stereocenters. The van der Waals surface area contributed by atoms with Crippen LogP contribution in [0.4, 0.5) is 4.39 Å². The van der Waals surface area contributed by atoms with E-state index in [0.717, 1.165) is 31.5 Å². The minimum atomic E-state index is -0.173. The van der Waals surface area contributed by atoms with Crippen molar-refractivity contribution in [1.82, 2.24) is 5.32 Å². The van der Waals surface area contributed by atoms with Crippen LogP contribution in [0.5, 0.6) is 0 Å². The highest BCUT2D eigenvalue weighted by atomic mass is 19.1. The molecule has 0 unspecified atom stereocenters. The van der Waals surface area contributed by atoms with E-state index >= 15 is 0 Å². The van der Waals surface area contributed by atoms with Gasteiger partial charge in [0, 0.05) is 24.0 Å². The molecule has 1 aliphatic carbocycles. The van der Waals surface area contributed by atoms with Crippen molar-refractivity contribution in [1.29, 1.82) is 0 Å². The number of hydrogen-bond acceptors (Lipinski definition) is 2. The van der Waals surface area contributed by atoms with Gasteiger partial charge in [0.15, 0.2) is 0 Å². The lowest BCUT2D eigenvalue weighted by Crippen LogP contribution is -2.41. The van der Waals surface area contributed by atoms with Crippen molar-refractivity contribution in [3.63, 3.8) is 0 Å². The molecule has 17 heavy (non-hydrogen) atoms. The Labute approximate surface area is 102 Å². The van der Waals surface area contributed by atoms with Crippen LogP contribution in [-0.4, -0.2) is 18.6 Å². The molecule has 0 bridgehead atoms. The van der Waals surface area contributed by atoms with Crippen molar-refractivity contribution in [2.75, 3.05) is 13.1 Å². The van der Waals surface area contributed by atoms with Crippen molar-refractivity contribution < 1.29 is 4.39 Å². The van der Waals surface area contributed by atoms with Crippen molar-refractivity contribution >= 4 is 0 Å². The summed E-state index contributed by atoms with van der Waals surface area (Å²) in [5, 5.41) is 3.40. The van der Waals surface area contributed by atoms with Gasteiger partial charge in [-0.05, 0) is 30.5 Å². The first-order chi connectivity index (χ1) is 7.91. The van der Waals surface area contributed by atoms with Gasteiger partial charge in [0.25, 0.3) is 0 Å². The monoisotopic (exact) mass is 236 g/mol. The Balaban J connectivity index is 1.93. The first kappa shape index (κ1) is 12.5. The summed E-state index contributed by atoms with van der Waals surface area (Å²) in [6.45, 7) is 5.90. The fraction of sp³-hybridized carbons (Fsp3) is 0.571. The highest BCUT2D eigenvalue weighted by Crippen LogP contribution is 2.31. The summed E-state index contributed by atoms with van der Waals surface area (Å²) >= 11 is 0. The smallest absolute Gasteiger partial charge is 0.123 e. The summed E-state index contributed by atoms with van der Waals surface area (Å²) in [5.41, 5.74) is 6.99. The van der Waals surface area contributed by atoms with E-state index < -0.39 is 0 Å². The largest absolute Gasteiger partial charge is 0.324 e. The predicted molar refractivity (Wildman–Crippen MR) is 68.4 cm³/mol. The molecule has 3 N–H and O–H groups in total. The maximum Gasteiger partial charge on any atom is 0.123 e. The molecule has 2 nitrogen and oxygen atoms in total. The SMILES string of the molecule is CC(C)(CNCC1(N)CC1)c1cccc(F)c1. The maximum absolute atomic E-state index is 13.2. The van der Waals surface area contributed by atoms with Gasteiger partial charge in [0.2, 0.25) is 0 Å². The zero-order chi connectivity index (χ0) is 12.5. The molecule has 0 heterocycles. The third-order valence-corrected chi connectivity index (χ3v) is 3.54. The Hall–Kier alpha value is -0.930. The van der Waals surface area contributed by atoms with Gasteiger partial charge in [0.1, 0.15) is 5.82 Å². The summed E-state index contributed by atoms with van der Waals surface area (Å²) in [6, 6.07) is 6.82. The van der Waals surface area contributed by atoms with Crippen molar-refractivity contribution in [3.8, 4) is 0 Å². The van der Waals surface area contributed by atoms with Crippen molar-refractivity contribution in [2.45, 2.75) is 37.6 Å². The zero-order valence-corrected chi connectivity index (χ0v) is 10.6. The molecule has 1 aromatic rings. The van der Waals surface area contributed by atoms with Crippen LogP contribution in [0.1, 0.15) is 32.3 Å². The van der Waals surface area contributed by atoms with Gasteiger partial charge in [-0.1, -0.05) is 26.0 Å². The van der Waals surface area contributed by atoms with E-state index in [2.05, 4.69) is 19.2 Å². The molecule has 94 valence electrons. The third kappa shape index (κ3) is 3.27.